The highest BCUT2D eigenvalue weighted by atomic mass is 16.6. The molecule has 1 aliphatic heterocycles. The molecule has 0 spiro atoms. The van der Waals surface area contributed by atoms with E-state index in [2.05, 4.69) is 0 Å². The van der Waals surface area contributed by atoms with Crippen molar-refractivity contribution in [3.8, 4) is 0 Å². The molecule has 0 aromatic rings. The molecule has 1 heterocycles. The Morgan fingerprint density at radius 1 is 1.04 bits per heavy atom. The van der Waals surface area contributed by atoms with Crippen LogP contribution in [-0.2, 0) is 9.47 Å². The van der Waals surface area contributed by atoms with Crippen LogP contribution >= 0.6 is 0 Å². The van der Waals surface area contributed by atoms with E-state index in [0.717, 1.165) is 32.5 Å². The molecule has 0 aromatic carbocycles. The molecule has 3 unspecified atom stereocenters. The zero-order valence-electron chi connectivity index (χ0n) is 16.0. The molecule has 25 heavy (non-hydrogen) atoms. The summed E-state index contributed by atoms with van der Waals surface area (Å²) in [4.78, 5) is 0. The molecule has 1 saturated heterocycles. The van der Waals surface area contributed by atoms with Crippen LogP contribution < -0.4 is 0 Å². The van der Waals surface area contributed by atoms with Gasteiger partial charge in [0, 0.05) is 18.6 Å². The third-order valence-electron chi connectivity index (χ3n) is 4.94. The van der Waals surface area contributed by atoms with Crippen LogP contribution in [0.25, 0.3) is 0 Å². The lowest BCUT2D eigenvalue weighted by molar-refractivity contribution is -0.114. The number of epoxide rings is 1. The van der Waals surface area contributed by atoms with E-state index in [1.807, 2.05) is 20.8 Å². The molecular weight excluding hydrogens is 328 g/mol. The first-order valence-corrected chi connectivity index (χ1v) is 9.32. The Labute approximate surface area is 151 Å². The highest BCUT2D eigenvalue weighted by Gasteiger charge is 2.51. The predicted octanol–water partition coefficient (Wildman–Crippen LogP) is 0.454. The third-order valence-corrected chi connectivity index (χ3v) is 4.94. The number of ether oxygens (including phenoxy) is 2. The van der Waals surface area contributed by atoms with E-state index < -0.39 is 17.1 Å². The van der Waals surface area contributed by atoms with Crippen LogP contribution in [0.15, 0.2) is 0 Å². The Balaban J connectivity index is 0.000000374. The summed E-state index contributed by atoms with van der Waals surface area (Å²) < 4.78 is 9.84. The van der Waals surface area contributed by atoms with Crippen LogP contribution in [0.2, 0.25) is 0 Å². The van der Waals surface area contributed by atoms with Gasteiger partial charge in [0.2, 0.25) is 0 Å². The van der Waals surface area contributed by atoms with Crippen LogP contribution in [-0.4, -0.2) is 83.0 Å². The van der Waals surface area contributed by atoms with Crippen molar-refractivity contribution in [1.29, 1.82) is 0 Å². The summed E-state index contributed by atoms with van der Waals surface area (Å²) in [6.45, 7) is 7.64. The number of hydrogen-bond donors (Lipinski definition) is 5. The molecular formula is C18H38O7. The van der Waals surface area contributed by atoms with Gasteiger partial charge in [-0.1, -0.05) is 19.8 Å². The summed E-state index contributed by atoms with van der Waals surface area (Å²) in [5.41, 5.74) is -1.59. The van der Waals surface area contributed by atoms with E-state index >= 15 is 0 Å². The van der Waals surface area contributed by atoms with Crippen LogP contribution in [0.3, 0.4) is 0 Å². The molecule has 0 radical (unpaired) electrons. The lowest BCUT2D eigenvalue weighted by Crippen LogP contribution is -2.49. The molecule has 3 atom stereocenters. The summed E-state index contributed by atoms with van der Waals surface area (Å²) in [6.07, 6.45) is 3.39. The standard InChI is InChI=1S/C8H14O3.C6H14O3.C4H10O/c9-6-3-1-2-4-8(6,10)7-5-11-7;1-2-6(3-7,4-8)5-9;1-3-5-4-2/h6-7,9-10H,1-5H2;7-9H,2-5H2,1H3;3-4H2,1-2H3. The van der Waals surface area contributed by atoms with Gasteiger partial charge in [0.1, 0.15) is 11.7 Å². The highest BCUT2D eigenvalue weighted by Crippen LogP contribution is 2.37. The Bertz CT molecular complexity index is 299. The minimum atomic E-state index is -0.918. The zero-order valence-corrected chi connectivity index (χ0v) is 16.0. The highest BCUT2D eigenvalue weighted by molar-refractivity contribution is 5.01. The van der Waals surface area contributed by atoms with Gasteiger partial charge in [0.25, 0.3) is 0 Å². The second-order valence-electron chi connectivity index (χ2n) is 6.68. The molecule has 1 saturated carbocycles. The van der Waals surface area contributed by atoms with Crippen molar-refractivity contribution in [3.63, 3.8) is 0 Å². The van der Waals surface area contributed by atoms with Crippen LogP contribution in [0, 0.1) is 5.41 Å². The number of rotatable bonds is 7. The summed E-state index contributed by atoms with van der Waals surface area (Å²) in [6, 6.07) is 0. The average molecular weight is 366 g/mol. The lowest BCUT2D eigenvalue weighted by atomic mass is 9.80. The van der Waals surface area contributed by atoms with Gasteiger partial charge in [-0.15, -0.1) is 0 Å². The van der Waals surface area contributed by atoms with Crippen molar-refractivity contribution in [2.45, 2.75) is 70.7 Å². The van der Waals surface area contributed by atoms with Crippen LogP contribution in [0.1, 0.15) is 52.9 Å². The molecule has 2 rings (SSSR count). The molecule has 1 aliphatic carbocycles. The first-order chi connectivity index (χ1) is 11.9. The van der Waals surface area contributed by atoms with E-state index in [1.165, 1.54) is 0 Å². The van der Waals surface area contributed by atoms with Gasteiger partial charge in [0.15, 0.2) is 0 Å². The maximum Gasteiger partial charge on any atom is 0.119 e. The van der Waals surface area contributed by atoms with Gasteiger partial charge in [-0.05, 0) is 33.1 Å². The molecule has 0 amide bonds. The number of hydrogen-bond acceptors (Lipinski definition) is 7. The summed E-state index contributed by atoms with van der Waals surface area (Å²) in [7, 11) is 0. The van der Waals surface area contributed by atoms with Gasteiger partial charge in [-0.25, -0.2) is 0 Å². The van der Waals surface area contributed by atoms with Crippen molar-refractivity contribution in [3.05, 3.63) is 0 Å². The minimum Gasteiger partial charge on any atom is -0.396 e. The van der Waals surface area contributed by atoms with Crippen molar-refractivity contribution in [1.82, 2.24) is 0 Å². The fourth-order valence-electron chi connectivity index (χ4n) is 2.56. The average Bonchev–Trinajstić information content (AvgIpc) is 3.48. The van der Waals surface area contributed by atoms with Crippen LogP contribution in [0.4, 0.5) is 0 Å². The van der Waals surface area contributed by atoms with Gasteiger partial charge >= 0.3 is 0 Å². The van der Waals surface area contributed by atoms with Gasteiger partial charge in [-0.2, -0.15) is 0 Å². The fraction of sp³-hybridized carbons (Fsp3) is 1.00. The maximum absolute atomic E-state index is 9.90. The molecule has 5 N–H and O–H groups in total. The predicted molar refractivity (Wildman–Crippen MR) is 95.3 cm³/mol. The van der Waals surface area contributed by atoms with Crippen molar-refractivity contribution >= 4 is 0 Å². The van der Waals surface area contributed by atoms with Crippen molar-refractivity contribution in [2.24, 2.45) is 5.41 Å². The first-order valence-electron chi connectivity index (χ1n) is 9.32. The largest absolute Gasteiger partial charge is 0.396 e. The van der Waals surface area contributed by atoms with Gasteiger partial charge in [0.05, 0.1) is 32.5 Å². The molecule has 0 bridgehead atoms. The zero-order chi connectivity index (χ0) is 19.3. The Morgan fingerprint density at radius 2 is 1.56 bits per heavy atom. The van der Waals surface area contributed by atoms with E-state index in [-0.39, 0.29) is 25.9 Å². The lowest BCUT2D eigenvalue weighted by Gasteiger charge is -2.35. The normalized spacial score (nSPS) is 28.3. The Morgan fingerprint density at radius 3 is 1.80 bits per heavy atom. The van der Waals surface area contributed by atoms with Gasteiger partial charge in [-0.3, -0.25) is 0 Å². The van der Waals surface area contributed by atoms with E-state index in [1.54, 1.807) is 0 Å². The topological polar surface area (TPSA) is 123 Å². The quantitative estimate of drug-likeness (QED) is 0.415. The number of aliphatic hydroxyl groups excluding tert-OH is 4. The first kappa shape index (κ1) is 24.7. The van der Waals surface area contributed by atoms with Crippen LogP contribution in [0.5, 0.6) is 0 Å². The summed E-state index contributed by atoms with van der Waals surface area (Å²) in [5, 5.41) is 45.4. The van der Waals surface area contributed by atoms with Crippen molar-refractivity contribution < 1.29 is 35.0 Å². The molecule has 7 nitrogen and oxygen atoms in total. The molecule has 2 fully saturated rings. The third kappa shape index (κ3) is 8.30. The van der Waals surface area contributed by atoms with E-state index in [0.29, 0.717) is 19.4 Å². The van der Waals surface area contributed by atoms with E-state index in [9.17, 15) is 10.2 Å². The van der Waals surface area contributed by atoms with E-state index in [4.69, 9.17) is 24.8 Å². The smallest absolute Gasteiger partial charge is 0.119 e. The number of aliphatic hydroxyl groups is 5. The molecule has 2 aliphatic rings. The Hall–Kier alpha value is -0.280. The SMILES string of the molecule is CCC(CO)(CO)CO.CCOCC.OC1CCCCC1(O)C1CO1. The molecule has 152 valence electrons. The fourth-order valence-corrected chi connectivity index (χ4v) is 2.56. The second-order valence-corrected chi connectivity index (χ2v) is 6.68. The minimum absolute atomic E-state index is 0.0854. The van der Waals surface area contributed by atoms with Gasteiger partial charge < -0.3 is 35.0 Å². The Kier molecular flexibility index (Phi) is 12.8. The molecule has 0 aromatic heterocycles. The monoisotopic (exact) mass is 366 g/mol. The summed E-state index contributed by atoms with van der Waals surface area (Å²) in [5.74, 6) is 0. The second kappa shape index (κ2) is 13.0. The summed E-state index contributed by atoms with van der Waals surface area (Å²) >= 11 is 0. The van der Waals surface area contributed by atoms with Crippen molar-refractivity contribution in [2.75, 3.05) is 39.6 Å². The maximum atomic E-state index is 9.90. The molecule has 7 heteroatoms.